The van der Waals surface area contributed by atoms with Crippen molar-refractivity contribution in [3.63, 3.8) is 0 Å². The fourth-order valence-electron chi connectivity index (χ4n) is 1.81. The normalized spacial score (nSPS) is 12.6. The number of nitriles is 1. The van der Waals surface area contributed by atoms with Crippen LogP contribution in [-0.2, 0) is 4.79 Å². The highest BCUT2D eigenvalue weighted by Gasteiger charge is 2.25. The molecule has 0 bridgehead atoms. The van der Waals surface area contributed by atoms with E-state index < -0.39 is 0 Å². The highest BCUT2D eigenvalue weighted by Crippen LogP contribution is 2.14. The number of carbonyl (C=O) groups excluding carboxylic acids is 1. The molecule has 2 N–H and O–H groups in total. The molecule has 0 fully saturated rings. The van der Waals surface area contributed by atoms with Gasteiger partial charge in [-0.05, 0) is 11.8 Å². The quantitative estimate of drug-likeness (QED) is 0.734. The Balaban J connectivity index is 4.65. The zero-order valence-electron chi connectivity index (χ0n) is 11.4. The van der Waals surface area contributed by atoms with Crippen molar-refractivity contribution in [1.82, 2.24) is 4.90 Å². The van der Waals surface area contributed by atoms with E-state index in [0.717, 1.165) is 0 Å². The summed E-state index contributed by atoms with van der Waals surface area (Å²) in [5.74, 6) is 0.603. The molecule has 0 heterocycles. The zero-order chi connectivity index (χ0) is 13.4. The predicted molar refractivity (Wildman–Crippen MR) is 69.0 cm³/mol. The van der Waals surface area contributed by atoms with E-state index in [4.69, 9.17) is 11.0 Å². The van der Waals surface area contributed by atoms with E-state index >= 15 is 0 Å². The van der Waals surface area contributed by atoms with Crippen molar-refractivity contribution in [2.75, 3.05) is 19.6 Å². The van der Waals surface area contributed by atoms with Crippen molar-refractivity contribution in [1.29, 1.82) is 5.26 Å². The molecule has 0 aliphatic carbocycles. The van der Waals surface area contributed by atoms with E-state index in [9.17, 15) is 4.79 Å². The predicted octanol–water partition coefficient (Wildman–Crippen LogP) is 1.62. The van der Waals surface area contributed by atoms with Gasteiger partial charge in [-0.1, -0.05) is 27.7 Å². The standard InChI is InChI=1S/C13H25N3O/c1-10(2)9-16(7-5-6-14)13(17)12(8-15)11(3)4/h10-12H,5,7-9,15H2,1-4H3. The van der Waals surface area contributed by atoms with Crippen molar-refractivity contribution in [2.45, 2.75) is 34.1 Å². The Bertz CT molecular complexity index is 268. The minimum Gasteiger partial charge on any atom is -0.341 e. The lowest BCUT2D eigenvalue weighted by molar-refractivity contribution is -0.137. The van der Waals surface area contributed by atoms with Crippen molar-refractivity contribution in [3.05, 3.63) is 0 Å². The molecule has 1 atom stereocenters. The van der Waals surface area contributed by atoms with Crippen LogP contribution < -0.4 is 5.73 Å². The molecule has 4 heteroatoms. The Morgan fingerprint density at radius 3 is 2.29 bits per heavy atom. The van der Waals surface area contributed by atoms with Crippen molar-refractivity contribution in [2.24, 2.45) is 23.5 Å². The molecule has 17 heavy (non-hydrogen) atoms. The Hall–Kier alpha value is -1.08. The van der Waals surface area contributed by atoms with Crippen LogP contribution in [0.4, 0.5) is 0 Å². The highest BCUT2D eigenvalue weighted by atomic mass is 16.2. The summed E-state index contributed by atoms with van der Waals surface area (Å²) in [6.45, 7) is 9.73. The van der Waals surface area contributed by atoms with Gasteiger partial charge in [-0.2, -0.15) is 5.26 Å². The minimum atomic E-state index is -0.132. The lowest BCUT2D eigenvalue weighted by Gasteiger charge is -2.29. The monoisotopic (exact) mass is 239 g/mol. The summed E-state index contributed by atoms with van der Waals surface area (Å²) in [6.07, 6.45) is 0.383. The third-order valence-electron chi connectivity index (χ3n) is 2.77. The zero-order valence-corrected chi connectivity index (χ0v) is 11.4. The molecule has 0 aromatic carbocycles. The SMILES string of the molecule is CC(C)CN(CCC#N)C(=O)C(CN)C(C)C. The molecule has 0 rings (SSSR count). The van der Waals surface area contributed by atoms with Crippen molar-refractivity contribution in [3.8, 4) is 6.07 Å². The van der Waals surface area contributed by atoms with Gasteiger partial charge in [0.25, 0.3) is 0 Å². The van der Waals surface area contributed by atoms with Crippen LogP contribution in [0.2, 0.25) is 0 Å². The Kier molecular flexibility index (Phi) is 7.56. The van der Waals surface area contributed by atoms with E-state index in [1.807, 2.05) is 13.8 Å². The molecular formula is C13H25N3O. The first kappa shape index (κ1) is 15.9. The average molecular weight is 239 g/mol. The van der Waals surface area contributed by atoms with Gasteiger partial charge in [0.1, 0.15) is 0 Å². The second kappa shape index (κ2) is 8.08. The number of nitrogens with zero attached hydrogens (tertiary/aromatic N) is 2. The first-order valence-electron chi connectivity index (χ1n) is 6.29. The molecule has 0 aromatic heterocycles. The van der Waals surface area contributed by atoms with Gasteiger partial charge in [-0.15, -0.1) is 0 Å². The van der Waals surface area contributed by atoms with Crippen LogP contribution in [0.15, 0.2) is 0 Å². The molecule has 4 nitrogen and oxygen atoms in total. The van der Waals surface area contributed by atoms with Crippen LogP contribution in [0, 0.1) is 29.1 Å². The number of nitrogens with two attached hydrogens (primary N) is 1. The number of hydrogen-bond acceptors (Lipinski definition) is 3. The van der Waals surface area contributed by atoms with Gasteiger partial charge in [0.2, 0.25) is 5.91 Å². The third kappa shape index (κ3) is 5.69. The maximum Gasteiger partial charge on any atom is 0.227 e. The number of rotatable bonds is 7. The molecule has 0 saturated carbocycles. The number of hydrogen-bond donors (Lipinski definition) is 1. The Morgan fingerprint density at radius 1 is 1.35 bits per heavy atom. The summed E-state index contributed by atoms with van der Waals surface area (Å²) in [4.78, 5) is 14.1. The lowest BCUT2D eigenvalue weighted by Crippen LogP contribution is -2.43. The average Bonchev–Trinajstić information content (AvgIpc) is 2.23. The van der Waals surface area contributed by atoms with Gasteiger partial charge >= 0.3 is 0 Å². The molecule has 0 saturated heterocycles. The second-order valence-corrected chi connectivity index (χ2v) is 5.17. The highest BCUT2D eigenvalue weighted by molar-refractivity contribution is 5.79. The van der Waals surface area contributed by atoms with Gasteiger partial charge in [0.05, 0.1) is 18.4 Å². The largest absolute Gasteiger partial charge is 0.341 e. The second-order valence-electron chi connectivity index (χ2n) is 5.17. The lowest BCUT2D eigenvalue weighted by atomic mass is 9.94. The van der Waals surface area contributed by atoms with Gasteiger partial charge < -0.3 is 10.6 Å². The maximum absolute atomic E-state index is 12.3. The third-order valence-corrected chi connectivity index (χ3v) is 2.77. The summed E-state index contributed by atoms with van der Waals surface area (Å²) < 4.78 is 0. The topological polar surface area (TPSA) is 70.1 Å². The summed E-state index contributed by atoms with van der Waals surface area (Å²) in [7, 11) is 0. The smallest absolute Gasteiger partial charge is 0.227 e. The molecule has 0 radical (unpaired) electrons. The summed E-state index contributed by atoms with van der Waals surface area (Å²) in [6, 6.07) is 2.09. The molecule has 0 aromatic rings. The van der Waals surface area contributed by atoms with Crippen LogP contribution in [0.3, 0.4) is 0 Å². The summed E-state index contributed by atoms with van der Waals surface area (Å²) in [5.41, 5.74) is 5.66. The Morgan fingerprint density at radius 2 is 1.94 bits per heavy atom. The van der Waals surface area contributed by atoms with Gasteiger partial charge in [0.15, 0.2) is 0 Å². The molecule has 1 unspecified atom stereocenters. The fraction of sp³-hybridized carbons (Fsp3) is 0.846. The summed E-state index contributed by atoms with van der Waals surface area (Å²) in [5, 5.41) is 8.62. The van der Waals surface area contributed by atoms with Crippen molar-refractivity contribution >= 4 is 5.91 Å². The molecule has 98 valence electrons. The van der Waals surface area contributed by atoms with Gasteiger partial charge in [-0.3, -0.25) is 4.79 Å². The minimum absolute atomic E-state index is 0.0893. The first-order chi connectivity index (χ1) is 7.93. The van der Waals surface area contributed by atoms with Crippen LogP contribution >= 0.6 is 0 Å². The Labute approximate surface area is 105 Å². The van der Waals surface area contributed by atoms with Crippen LogP contribution in [0.5, 0.6) is 0 Å². The van der Waals surface area contributed by atoms with Gasteiger partial charge in [-0.25, -0.2) is 0 Å². The van der Waals surface area contributed by atoms with Crippen LogP contribution in [0.25, 0.3) is 0 Å². The van der Waals surface area contributed by atoms with Crippen LogP contribution in [0.1, 0.15) is 34.1 Å². The molecule has 0 spiro atoms. The van der Waals surface area contributed by atoms with E-state index in [1.165, 1.54) is 0 Å². The molecule has 1 amide bonds. The maximum atomic E-state index is 12.3. The summed E-state index contributed by atoms with van der Waals surface area (Å²) >= 11 is 0. The molecule has 0 aliphatic heterocycles. The van der Waals surface area contributed by atoms with E-state index in [2.05, 4.69) is 19.9 Å². The molecular weight excluding hydrogens is 214 g/mol. The van der Waals surface area contributed by atoms with Crippen molar-refractivity contribution < 1.29 is 4.79 Å². The van der Waals surface area contributed by atoms with E-state index in [-0.39, 0.29) is 17.7 Å². The first-order valence-corrected chi connectivity index (χ1v) is 6.29. The van der Waals surface area contributed by atoms with E-state index in [0.29, 0.717) is 32.0 Å². The van der Waals surface area contributed by atoms with Crippen LogP contribution in [-0.4, -0.2) is 30.4 Å². The van der Waals surface area contributed by atoms with E-state index in [1.54, 1.807) is 4.90 Å². The number of amides is 1. The van der Waals surface area contributed by atoms with Gasteiger partial charge in [0, 0.05) is 19.6 Å². The number of carbonyl (C=O) groups is 1. The molecule has 0 aliphatic rings. The fourth-order valence-corrected chi connectivity index (χ4v) is 1.81.